The minimum atomic E-state index is -0.0194. The van der Waals surface area contributed by atoms with Crippen LogP contribution in [0.25, 0.3) is 27.3 Å². The van der Waals surface area contributed by atoms with Crippen LogP contribution in [0.2, 0.25) is 0 Å². The Morgan fingerprint density at radius 2 is 1.83 bits per heavy atom. The Labute approximate surface area is 209 Å². The van der Waals surface area contributed by atoms with Crippen molar-refractivity contribution >= 4 is 34.9 Å². The van der Waals surface area contributed by atoms with Gasteiger partial charge in [-0.25, -0.2) is 9.50 Å². The van der Waals surface area contributed by atoms with Gasteiger partial charge in [0.2, 0.25) is 5.91 Å². The molecule has 1 saturated carbocycles. The van der Waals surface area contributed by atoms with E-state index in [-0.39, 0.29) is 17.9 Å². The summed E-state index contributed by atoms with van der Waals surface area (Å²) in [6, 6.07) is 13.9. The van der Waals surface area contributed by atoms with Gasteiger partial charge in [0.05, 0.1) is 16.3 Å². The Morgan fingerprint density at radius 3 is 2.49 bits per heavy atom. The predicted octanol–water partition coefficient (Wildman–Crippen LogP) is 6.51. The molecule has 0 spiro atoms. The van der Waals surface area contributed by atoms with Crippen molar-refractivity contribution in [2.75, 3.05) is 4.90 Å². The standard InChI is InChI=1S/C28H30N4O2S/c1-18(2)32(28(34)22-7-5-19(3)6-8-22)24-16-25(35-26(24)17-33)21-11-9-20(10-12-21)23-15-27-29-13-4-14-31(27)30-23/h4,9-19,22H,5-8H2,1-3H3. The molecular formula is C28H30N4O2S. The minimum Gasteiger partial charge on any atom is -0.308 e. The Hall–Kier alpha value is -3.32. The largest absolute Gasteiger partial charge is 0.308 e. The summed E-state index contributed by atoms with van der Waals surface area (Å²) in [6.07, 6.45) is 8.55. The number of thiophene rings is 1. The van der Waals surface area contributed by atoms with Gasteiger partial charge in [-0.2, -0.15) is 5.10 Å². The Bertz CT molecular complexity index is 1310. The number of fused-ring (bicyclic) bond motifs is 1. The number of rotatable bonds is 6. The fourth-order valence-corrected chi connectivity index (χ4v) is 5.91. The van der Waals surface area contributed by atoms with E-state index in [1.54, 1.807) is 10.7 Å². The molecule has 3 aromatic heterocycles. The minimum absolute atomic E-state index is 0.0194. The first-order chi connectivity index (χ1) is 16.9. The second-order valence-corrected chi connectivity index (χ2v) is 10.8. The van der Waals surface area contributed by atoms with Gasteiger partial charge in [-0.15, -0.1) is 11.3 Å². The molecule has 6 nitrogen and oxygen atoms in total. The van der Waals surface area contributed by atoms with Crippen LogP contribution in [0.3, 0.4) is 0 Å². The molecule has 0 atom stereocenters. The van der Waals surface area contributed by atoms with Gasteiger partial charge in [0.1, 0.15) is 0 Å². The van der Waals surface area contributed by atoms with Crippen LogP contribution in [0.5, 0.6) is 0 Å². The molecule has 0 saturated heterocycles. The van der Waals surface area contributed by atoms with Gasteiger partial charge in [0.15, 0.2) is 11.9 Å². The molecule has 1 aliphatic carbocycles. The predicted molar refractivity (Wildman–Crippen MR) is 141 cm³/mol. The van der Waals surface area contributed by atoms with Crippen molar-refractivity contribution in [2.45, 2.75) is 52.5 Å². The molecule has 0 bridgehead atoms. The van der Waals surface area contributed by atoms with Crippen molar-refractivity contribution in [3.05, 3.63) is 59.7 Å². The van der Waals surface area contributed by atoms with Crippen LogP contribution in [0.1, 0.15) is 56.1 Å². The van der Waals surface area contributed by atoms with Crippen molar-refractivity contribution in [1.82, 2.24) is 14.6 Å². The summed E-state index contributed by atoms with van der Waals surface area (Å²) in [7, 11) is 0. The zero-order valence-corrected chi connectivity index (χ0v) is 21.2. The van der Waals surface area contributed by atoms with Gasteiger partial charge in [-0.1, -0.05) is 31.2 Å². The average molecular weight is 487 g/mol. The molecular weight excluding hydrogens is 456 g/mol. The summed E-state index contributed by atoms with van der Waals surface area (Å²) in [4.78, 5) is 33.3. The monoisotopic (exact) mass is 486 g/mol. The zero-order chi connectivity index (χ0) is 24.5. The highest BCUT2D eigenvalue weighted by Gasteiger charge is 2.32. The van der Waals surface area contributed by atoms with E-state index in [0.29, 0.717) is 10.8 Å². The van der Waals surface area contributed by atoms with Crippen molar-refractivity contribution < 1.29 is 9.59 Å². The van der Waals surface area contributed by atoms with Crippen LogP contribution in [0, 0.1) is 11.8 Å². The molecule has 0 aliphatic heterocycles. The number of hydrogen-bond acceptors (Lipinski definition) is 5. The fourth-order valence-electron chi connectivity index (χ4n) is 4.94. The lowest BCUT2D eigenvalue weighted by molar-refractivity contribution is -0.123. The number of hydrogen-bond donors (Lipinski definition) is 0. The van der Waals surface area contributed by atoms with Crippen LogP contribution in [-0.4, -0.2) is 32.8 Å². The molecule has 1 aliphatic rings. The summed E-state index contributed by atoms with van der Waals surface area (Å²) in [6.45, 7) is 6.30. The second kappa shape index (κ2) is 9.74. The lowest BCUT2D eigenvalue weighted by Gasteiger charge is -2.33. The summed E-state index contributed by atoms with van der Waals surface area (Å²) >= 11 is 1.44. The molecule has 35 heavy (non-hydrogen) atoms. The number of carbonyl (C=O) groups is 2. The highest BCUT2D eigenvalue weighted by molar-refractivity contribution is 7.17. The van der Waals surface area contributed by atoms with Gasteiger partial charge in [-0.05, 0) is 63.1 Å². The van der Waals surface area contributed by atoms with Crippen LogP contribution < -0.4 is 4.90 Å². The first-order valence-electron chi connectivity index (χ1n) is 12.3. The highest BCUT2D eigenvalue weighted by atomic mass is 32.1. The van der Waals surface area contributed by atoms with Gasteiger partial charge in [0, 0.05) is 40.9 Å². The van der Waals surface area contributed by atoms with Gasteiger partial charge >= 0.3 is 0 Å². The van der Waals surface area contributed by atoms with Crippen LogP contribution in [-0.2, 0) is 4.79 Å². The molecule has 1 fully saturated rings. The van der Waals surface area contributed by atoms with Crippen molar-refractivity contribution in [3.8, 4) is 21.7 Å². The number of aldehydes is 1. The molecule has 7 heteroatoms. The van der Waals surface area contributed by atoms with E-state index in [1.807, 2.05) is 67.4 Å². The lowest BCUT2D eigenvalue weighted by Crippen LogP contribution is -2.42. The molecule has 1 aromatic carbocycles. The fraction of sp³-hybridized carbons (Fsp3) is 0.357. The molecule has 5 rings (SSSR count). The van der Waals surface area contributed by atoms with Crippen molar-refractivity contribution in [3.63, 3.8) is 0 Å². The molecule has 4 aromatic rings. The van der Waals surface area contributed by atoms with E-state index in [2.05, 4.69) is 17.0 Å². The third-order valence-corrected chi connectivity index (χ3v) is 8.03. The third-order valence-electron chi connectivity index (χ3n) is 6.93. The van der Waals surface area contributed by atoms with Gasteiger partial charge in [-0.3, -0.25) is 9.59 Å². The van der Waals surface area contributed by atoms with Gasteiger partial charge in [0.25, 0.3) is 0 Å². The van der Waals surface area contributed by atoms with E-state index in [0.717, 1.165) is 65.0 Å². The van der Waals surface area contributed by atoms with Crippen LogP contribution >= 0.6 is 11.3 Å². The maximum absolute atomic E-state index is 13.5. The first-order valence-corrected chi connectivity index (χ1v) is 13.1. The SMILES string of the molecule is CC1CCC(C(=O)N(c2cc(-c3ccc(-c4cc5ncccn5n4)cc3)sc2C=O)C(C)C)CC1. The van der Waals surface area contributed by atoms with Crippen LogP contribution in [0.15, 0.2) is 54.9 Å². The molecule has 1 amide bonds. The number of amides is 1. The molecule has 3 heterocycles. The number of aromatic nitrogens is 3. The Kier molecular flexibility index (Phi) is 6.52. The van der Waals surface area contributed by atoms with Crippen molar-refractivity contribution in [1.29, 1.82) is 0 Å². The smallest absolute Gasteiger partial charge is 0.230 e. The normalized spacial score (nSPS) is 18.2. The zero-order valence-electron chi connectivity index (χ0n) is 20.3. The number of nitrogens with zero attached hydrogens (tertiary/aromatic N) is 4. The first kappa shape index (κ1) is 23.4. The topological polar surface area (TPSA) is 67.6 Å². The molecule has 0 N–H and O–H groups in total. The quantitative estimate of drug-likeness (QED) is 0.292. The molecule has 0 unspecified atom stereocenters. The van der Waals surface area contributed by atoms with E-state index in [9.17, 15) is 9.59 Å². The van der Waals surface area contributed by atoms with Crippen LogP contribution in [0.4, 0.5) is 5.69 Å². The third kappa shape index (κ3) is 4.65. The maximum atomic E-state index is 13.5. The summed E-state index contributed by atoms with van der Waals surface area (Å²) in [5, 5.41) is 4.59. The van der Waals surface area contributed by atoms with E-state index < -0.39 is 0 Å². The average Bonchev–Trinajstić information content (AvgIpc) is 3.49. The summed E-state index contributed by atoms with van der Waals surface area (Å²) in [5.74, 6) is 0.871. The number of carbonyl (C=O) groups excluding carboxylic acids is 2. The lowest BCUT2D eigenvalue weighted by atomic mass is 9.82. The number of benzene rings is 1. The molecule has 0 radical (unpaired) electrons. The second-order valence-electron chi connectivity index (χ2n) is 9.77. The Morgan fingerprint density at radius 1 is 1.11 bits per heavy atom. The van der Waals surface area contributed by atoms with E-state index >= 15 is 0 Å². The van der Waals surface area contributed by atoms with Gasteiger partial charge < -0.3 is 4.90 Å². The summed E-state index contributed by atoms with van der Waals surface area (Å²) < 4.78 is 1.76. The van der Waals surface area contributed by atoms with E-state index in [4.69, 9.17) is 0 Å². The Balaban J connectivity index is 1.43. The van der Waals surface area contributed by atoms with E-state index in [1.165, 1.54) is 11.3 Å². The summed E-state index contributed by atoms with van der Waals surface area (Å²) in [5.41, 5.74) is 4.40. The number of anilines is 1. The molecule has 180 valence electrons. The van der Waals surface area contributed by atoms with Crippen molar-refractivity contribution in [2.24, 2.45) is 11.8 Å². The highest BCUT2D eigenvalue weighted by Crippen LogP contribution is 2.39. The maximum Gasteiger partial charge on any atom is 0.230 e.